The quantitative estimate of drug-likeness (QED) is 0.320. The number of hydrogen-bond donors (Lipinski definition) is 1. The fraction of sp³-hybridized carbons (Fsp3) is 0.550. The van der Waals surface area contributed by atoms with Crippen molar-refractivity contribution in [3.63, 3.8) is 0 Å². The van der Waals surface area contributed by atoms with Gasteiger partial charge in [-0.25, -0.2) is 4.79 Å². The van der Waals surface area contributed by atoms with Crippen LogP contribution in [0.5, 0.6) is 0 Å². The molecule has 1 amide bonds. The Hall–Kier alpha value is -3.17. The third-order valence-corrected chi connectivity index (χ3v) is 4.13. The van der Waals surface area contributed by atoms with Crippen molar-refractivity contribution >= 4 is 23.7 Å². The van der Waals surface area contributed by atoms with Gasteiger partial charge in [-0.15, -0.1) is 0 Å². The summed E-state index contributed by atoms with van der Waals surface area (Å²) in [4.78, 5) is 47.2. The minimum absolute atomic E-state index is 0.0722. The van der Waals surface area contributed by atoms with Crippen molar-refractivity contribution < 1.29 is 33.5 Å². The van der Waals surface area contributed by atoms with Gasteiger partial charge in [0, 0.05) is 32.0 Å². The molecule has 10 heteroatoms. The molecule has 1 heterocycles. The van der Waals surface area contributed by atoms with Gasteiger partial charge >= 0.3 is 18.0 Å². The molecule has 0 aliphatic carbocycles. The standard InChI is InChI=1S/C20H26N2O8/c1-19(2,3)30-18(25)21-13(10-12-6-8-14(9-7-12)22(26)27)11-15-16(23)28-20(4,5)29-17(15)24/h6-9,13,15H,10-11H2,1-5H3,(H,21,25). The highest BCUT2D eigenvalue weighted by atomic mass is 16.7. The third-order valence-electron chi connectivity index (χ3n) is 4.13. The van der Waals surface area contributed by atoms with Crippen molar-refractivity contribution in [3.05, 3.63) is 39.9 Å². The van der Waals surface area contributed by atoms with Crippen LogP contribution in [0.4, 0.5) is 10.5 Å². The van der Waals surface area contributed by atoms with E-state index in [0.717, 1.165) is 0 Å². The molecule has 10 nitrogen and oxygen atoms in total. The van der Waals surface area contributed by atoms with Crippen LogP contribution in [0.25, 0.3) is 0 Å². The predicted molar refractivity (Wildman–Crippen MR) is 104 cm³/mol. The second kappa shape index (κ2) is 8.68. The van der Waals surface area contributed by atoms with Gasteiger partial charge in [-0.2, -0.15) is 0 Å². The average molecular weight is 422 g/mol. The van der Waals surface area contributed by atoms with Crippen LogP contribution < -0.4 is 5.32 Å². The number of benzene rings is 1. The predicted octanol–water partition coefficient (Wildman–Crippen LogP) is 2.87. The van der Waals surface area contributed by atoms with Gasteiger partial charge in [0.05, 0.1) is 4.92 Å². The minimum Gasteiger partial charge on any atom is -0.444 e. The van der Waals surface area contributed by atoms with Crippen LogP contribution >= 0.6 is 0 Å². The topological polar surface area (TPSA) is 134 Å². The van der Waals surface area contributed by atoms with E-state index in [1.165, 1.54) is 26.0 Å². The molecule has 1 unspecified atom stereocenters. The van der Waals surface area contributed by atoms with Gasteiger partial charge < -0.3 is 19.5 Å². The summed E-state index contributed by atoms with van der Waals surface area (Å²) in [5.74, 6) is -4.04. The lowest BCUT2D eigenvalue weighted by molar-refractivity contribution is -0.384. The van der Waals surface area contributed by atoms with E-state index in [9.17, 15) is 24.5 Å². The van der Waals surface area contributed by atoms with Crippen LogP contribution in [0, 0.1) is 16.0 Å². The molecule has 1 aliphatic heterocycles. The van der Waals surface area contributed by atoms with E-state index >= 15 is 0 Å². The maximum atomic E-state index is 12.3. The fourth-order valence-electron chi connectivity index (χ4n) is 2.93. The highest BCUT2D eigenvalue weighted by molar-refractivity contribution is 5.96. The molecule has 1 saturated heterocycles. The number of cyclic esters (lactones) is 2. The smallest absolute Gasteiger partial charge is 0.407 e. The zero-order valence-corrected chi connectivity index (χ0v) is 17.6. The Balaban J connectivity index is 2.18. The van der Waals surface area contributed by atoms with E-state index in [1.54, 1.807) is 32.9 Å². The molecule has 164 valence electrons. The maximum absolute atomic E-state index is 12.3. The van der Waals surface area contributed by atoms with Gasteiger partial charge in [0.1, 0.15) is 5.60 Å². The molecule has 30 heavy (non-hydrogen) atoms. The van der Waals surface area contributed by atoms with Crippen LogP contribution in [0.3, 0.4) is 0 Å². The van der Waals surface area contributed by atoms with Crippen LogP contribution in [0.15, 0.2) is 24.3 Å². The number of nitro benzene ring substituents is 1. The molecule has 2 rings (SSSR count). The van der Waals surface area contributed by atoms with Gasteiger partial charge in [0.25, 0.3) is 11.5 Å². The number of ether oxygens (including phenoxy) is 3. The largest absolute Gasteiger partial charge is 0.444 e. The first-order chi connectivity index (χ1) is 13.8. The Morgan fingerprint density at radius 2 is 1.73 bits per heavy atom. The summed E-state index contributed by atoms with van der Waals surface area (Å²) < 4.78 is 15.5. The van der Waals surface area contributed by atoms with Crippen molar-refractivity contribution in [1.82, 2.24) is 5.32 Å². The Labute approximate surface area is 174 Å². The van der Waals surface area contributed by atoms with Gasteiger partial charge in [0.15, 0.2) is 5.92 Å². The first-order valence-corrected chi connectivity index (χ1v) is 9.44. The number of rotatable bonds is 6. The molecule has 0 aromatic heterocycles. The Morgan fingerprint density at radius 3 is 2.20 bits per heavy atom. The molecular formula is C20H26N2O8. The van der Waals surface area contributed by atoms with Crippen molar-refractivity contribution in [2.75, 3.05) is 0 Å². The minimum atomic E-state index is -1.35. The average Bonchev–Trinajstić information content (AvgIpc) is 2.55. The molecular weight excluding hydrogens is 396 g/mol. The first-order valence-electron chi connectivity index (χ1n) is 9.44. The summed E-state index contributed by atoms with van der Waals surface area (Å²) >= 11 is 0. The van der Waals surface area contributed by atoms with E-state index in [-0.39, 0.29) is 18.5 Å². The van der Waals surface area contributed by atoms with Gasteiger partial charge in [0.2, 0.25) is 0 Å². The number of nitro groups is 1. The lowest BCUT2D eigenvalue weighted by Gasteiger charge is -2.34. The number of carbonyl (C=O) groups is 3. The van der Waals surface area contributed by atoms with E-state index < -0.39 is 46.3 Å². The van der Waals surface area contributed by atoms with Crippen molar-refractivity contribution in [3.8, 4) is 0 Å². The van der Waals surface area contributed by atoms with Gasteiger partial charge in [-0.1, -0.05) is 12.1 Å². The van der Waals surface area contributed by atoms with Crippen molar-refractivity contribution in [2.45, 2.75) is 64.9 Å². The van der Waals surface area contributed by atoms with E-state index in [2.05, 4.69) is 5.32 Å². The summed E-state index contributed by atoms with van der Waals surface area (Å²) in [6.07, 6.45) is -0.589. The van der Waals surface area contributed by atoms with Gasteiger partial charge in [-0.05, 0) is 39.2 Å². The summed E-state index contributed by atoms with van der Waals surface area (Å²) in [6, 6.07) is 5.08. The van der Waals surface area contributed by atoms with Crippen LogP contribution in [0.2, 0.25) is 0 Å². The monoisotopic (exact) mass is 422 g/mol. The molecule has 0 bridgehead atoms. The van der Waals surface area contributed by atoms with Crippen LogP contribution in [-0.2, 0) is 30.2 Å². The second-order valence-corrected chi connectivity index (χ2v) is 8.50. The maximum Gasteiger partial charge on any atom is 0.407 e. The number of carbonyl (C=O) groups excluding carboxylic acids is 3. The Morgan fingerprint density at radius 1 is 1.20 bits per heavy atom. The van der Waals surface area contributed by atoms with E-state index in [1.807, 2.05) is 0 Å². The summed E-state index contributed by atoms with van der Waals surface area (Å²) in [6.45, 7) is 8.01. The number of alkyl carbamates (subject to hydrolysis) is 1. The Bertz CT molecular complexity index is 806. The van der Waals surface area contributed by atoms with Gasteiger partial charge in [-0.3, -0.25) is 19.7 Å². The zero-order chi connectivity index (χ0) is 22.7. The SMILES string of the molecule is CC(C)(C)OC(=O)NC(Cc1ccc([N+](=O)[O-])cc1)CC1C(=O)OC(C)(C)OC1=O. The molecule has 1 aromatic rings. The molecule has 1 aromatic carbocycles. The normalized spacial score (nSPS) is 17.5. The highest BCUT2D eigenvalue weighted by Gasteiger charge is 2.44. The van der Waals surface area contributed by atoms with E-state index in [0.29, 0.717) is 5.56 Å². The Kier molecular flexibility index (Phi) is 6.69. The third kappa shape index (κ3) is 6.71. The van der Waals surface area contributed by atoms with Crippen molar-refractivity contribution in [1.29, 1.82) is 0 Å². The zero-order valence-electron chi connectivity index (χ0n) is 17.6. The van der Waals surface area contributed by atoms with Crippen molar-refractivity contribution in [2.24, 2.45) is 5.92 Å². The number of esters is 2. The second-order valence-electron chi connectivity index (χ2n) is 8.50. The molecule has 0 spiro atoms. The number of amides is 1. The van der Waals surface area contributed by atoms with Crippen LogP contribution in [-0.4, -0.2) is 40.4 Å². The fourth-order valence-corrected chi connectivity index (χ4v) is 2.93. The number of nitrogens with one attached hydrogen (secondary N) is 1. The molecule has 1 aliphatic rings. The lowest BCUT2D eigenvalue weighted by atomic mass is 9.94. The molecule has 1 fully saturated rings. The number of nitrogens with zero attached hydrogens (tertiary/aromatic N) is 1. The first kappa shape index (κ1) is 23.1. The lowest BCUT2D eigenvalue weighted by Crippen LogP contribution is -2.49. The number of hydrogen-bond acceptors (Lipinski definition) is 8. The molecule has 0 saturated carbocycles. The van der Waals surface area contributed by atoms with E-state index in [4.69, 9.17) is 14.2 Å². The van der Waals surface area contributed by atoms with Crippen LogP contribution in [0.1, 0.15) is 46.6 Å². The number of non-ortho nitro benzene ring substituents is 1. The molecule has 1 atom stereocenters. The highest BCUT2D eigenvalue weighted by Crippen LogP contribution is 2.27. The summed E-state index contributed by atoms with van der Waals surface area (Å²) in [5, 5.41) is 13.5. The molecule has 1 N–H and O–H groups in total. The molecule has 0 radical (unpaired) electrons. The summed E-state index contributed by atoms with van der Waals surface area (Å²) in [7, 11) is 0. The summed E-state index contributed by atoms with van der Waals surface area (Å²) in [5.41, 5.74) is -0.147.